The van der Waals surface area contributed by atoms with Crippen LogP contribution in [0, 0.1) is 5.92 Å². The van der Waals surface area contributed by atoms with Gasteiger partial charge in [0.25, 0.3) is 0 Å². The second-order valence-corrected chi connectivity index (χ2v) is 7.39. The smallest absolute Gasteiger partial charge is 0.0113 e. The first kappa shape index (κ1) is 16.0. The third kappa shape index (κ3) is 4.57. The zero-order valence-electron chi connectivity index (χ0n) is 14.2. The molecule has 1 aromatic rings. The lowest BCUT2D eigenvalue weighted by atomic mass is 9.86. The van der Waals surface area contributed by atoms with Crippen LogP contribution in [0.4, 0.5) is 0 Å². The molecule has 22 heavy (non-hydrogen) atoms. The van der Waals surface area contributed by atoms with Crippen molar-refractivity contribution in [2.45, 2.75) is 51.5 Å². The Hall–Kier alpha value is -0.860. The predicted octanol–water partition coefficient (Wildman–Crippen LogP) is 3.82. The molecule has 0 spiro atoms. The molecule has 1 aromatic carbocycles. The van der Waals surface area contributed by atoms with Gasteiger partial charge in [0, 0.05) is 32.2 Å². The topological polar surface area (TPSA) is 6.48 Å². The lowest BCUT2D eigenvalue weighted by Gasteiger charge is -2.42. The first-order chi connectivity index (χ1) is 10.8. The van der Waals surface area contributed by atoms with Crippen molar-refractivity contribution >= 4 is 0 Å². The molecule has 1 saturated carbocycles. The Kier molecular flexibility index (Phi) is 5.91. The summed E-state index contributed by atoms with van der Waals surface area (Å²) in [4.78, 5) is 5.45. The van der Waals surface area contributed by atoms with Gasteiger partial charge in [-0.3, -0.25) is 4.90 Å². The number of aryl methyl sites for hydroxylation is 1. The van der Waals surface area contributed by atoms with Crippen molar-refractivity contribution in [2.24, 2.45) is 5.92 Å². The van der Waals surface area contributed by atoms with E-state index in [1.54, 1.807) is 0 Å². The molecular formula is C20H32N2. The molecule has 0 amide bonds. The molecule has 0 N–H and O–H groups in total. The Morgan fingerprint density at radius 2 is 1.77 bits per heavy atom. The molecule has 2 atom stereocenters. The molecule has 1 heterocycles. The Bertz CT molecular complexity index is 423. The molecule has 122 valence electrons. The van der Waals surface area contributed by atoms with Gasteiger partial charge in [-0.25, -0.2) is 0 Å². The van der Waals surface area contributed by atoms with E-state index in [1.807, 2.05) is 0 Å². The first-order valence-corrected chi connectivity index (χ1v) is 9.31. The molecule has 2 heteroatoms. The molecule has 0 aromatic heterocycles. The van der Waals surface area contributed by atoms with Crippen molar-refractivity contribution in [3.63, 3.8) is 0 Å². The maximum atomic E-state index is 2.78. The number of nitrogens with zero attached hydrogens (tertiary/aromatic N) is 2. The second kappa shape index (κ2) is 8.12. The molecule has 1 saturated heterocycles. The molecule has 3 rings (SSSR count). The fraction of sp³-hybridized carbons (Fsp3) is 0.700. The number of hydrogen-bond donors (Lipinski definition) is 0. The van der Waals surface area contributed by atoms with E-state index < -0.39 is 0 Å². The van der Waals surface area contributed by atoms with Gasteiger partial charge >= 0.3 is 0 Å². The molecule has 2 fully saturated rings. The summed E-state index contributed by atoms with van der Waals surface area (Å²) in [7, 11) is 0. The van der Waals surface area contributed by atoms with Crippen LogP contribution in [0.3, 0.4) is 0 Å². The van der Waals surface area contributed by atoms with Crippen LogP contribution in [-0.4, -0.2) is 48.6 Å². The molecule has 0 unspecified atom stereocenters. The SMILES string of the molecule is C[C@@H]1CCC[C@H](N2CCN(CCCc3ccccc3)CC2)C1. The maximum Gasteiger partial charge on any atom is 0.0113 e. The summed E-state index contributed by atoms with van der Waals surface area (Å²) < 4.78 is 0. The van der Waals surface area contributed by atoms with Gasteiger partial charge in [0.05, 0.1) is 0 Å². The molecule has 2 aliphatic rings. The first-order valence-electron chi connectivity index (χ1n) is 9.31. The van der Waals surface area contributed by atoms with Gasteiger partial charge in [-0.2, -0.15) is 0 Å². The van der Waals surface area contributed by atoms with E-state index >= 15 is 0 Å². The fourth-order valence-electron chi connectivity index (χ4n) is 4.24. The van der Waals surface area contributed by atoms with Crippen LogP contribution in [0.25, 0.3) is 0 Å². The van der Waals surface area contributed by atoms with Crippen LogP contribution in [-0.2, 0) is 6.42 Å². The summed E-state index contributed by atoms with van der Waals surface area (Å²) in [5, 5.41) is 0. The largest absolute Gasteiger partial charge is 0.301 e. The average molecular weight is 300 g/mol. The van der Waals surface area contributed by atoms with E-state index in [0.29, 0.717) is 0 Å². The van der Waals surface area contributed by atoms with E-state index in [4.69, 9.17) is 0 Å². The molecule has 0 radical (unpaired) electrons. The fourth-order valence-corrected chi connectivity index (χ4v) is 4.24. The molecule has 2 nitrogen and oxygen atoms in total. The van der Waals surface area contributed by atoms with Crippen molar-refractivity contribution in [3.05, 3.63) is 35.9 Å². The van der Waals surface area contributed by atoms with Crippen molar-refractivity contribution < 1.29 is 0 Å². The van der Waals surface area contributed by atoms with E-state index in [9.17, 15) is 0 Å². The summed E-state index contributed by atoms with van der Waals surface area (Å²) >= 11 is 0. The molecule has 0 bridgehead atoms. The summed E-state index contributed by atoms with van der Waals surface area (Å²) in [6.45, 7) is 8.85. The Balaban J connectivity index is 1.35. The highest BCUT2D eigenvalue weighted by Crippen LogP contribution is 2.27. The lowest BCUT2D eigenvalue weighted by Crippen LogP contribution is -2.51. The van der Waals surface area contributed by atoms with Gasteiger partial charge in [-0.05, 0) is 43.7 Å². The predicted molar refractivity (Wildman–Crippen MR) is 94.2 cm³/mol. The van der Waals surface area contributed by atoms with E-state index in [2.05, 4.69) is 47.1 Å². The normalized spacial score (nSPS) is 27.9. The van der Waals surface area contributed by atoms with Crippen molar-refractivity contribution in [3.8, 4) is 0 Å². The van der Waals surface area contributed by atoms with Crippen molar-refractivity contribution in [2.75, 3.05) is 32.7 Å². The highest BCUT2D eigenvalue weighted by atomic mass is 15.3. The highest BCUT2D eigenvalue weighted by molar-refractivity contribution is 5.14. The van der Waals surface area contributed by atoms with Crippen LogP contribution in [0.2, 0.25) is 0 Å². The van der Waals surface area contributed by atoms with Crippen LogP contribution in [0.15, 0.2) is 30.3 Å². The minimum Gasteiger partial charge on any atom is -0.301 e. The van der Waals surface area contributed by atoms with Crippen LogP contribution in [0.1, 0.15) is 44.6 Å². The summed E-state index contributed by atoms with van der Waals surface area (Å²) in [5.74, 6) is 0.947. The van der Waals surface area contributed by atoms with Crippen molar-refractivity contribution in [1.82, 2.24) is 9.80 Å². The monoisotopic (exact) mass is 300 g/mol. The zero-order valence-corrected chi connectivity index (χ0v) is 14.2. The van der Waals surface area contributed by atoms with Crippen LogP contribution in [0.5, 0.6) is 0 Å². The minimum atomic E-state index is 0.884. The molecule has 1 aliphatic carbocycles. The number of hydrogen-bond acceptors (Lipinski definition) is 2. The van der Waals surface area contributed by atoms with Gasteiger partial charge in [-0.1, -0.05) is 50.1 Å². The molecular weight excluding hydrogens is 268 g/mol. The summed E-state index contributed by atoms with van der Waals surface area (Å²) in [5.41, 5.74) is 1.48. The third-order valence-corrected chi connectivity index (χ3v) is 5.61. The maximum absolute atomic E-state index is 2.78. The minimum absolute atomic E-state index is 0.884. The summed E-state index contributed by atoms with van der Waals surface area (Å²) in [6.07, 6.45) is 8.30. The van der Waals surface area contributed by atoms with Gasteiger partial charge in [-0.15, -0.1) is 0 Å². The lowest BCUT2D eigenvalue weighted by molar-refractivity contribution is 0.0686. The van der Waals surface area contributed by atoms with Gasteiger partial charge in [0.1, 0.15) is 0 Å². The Morgan fingerprint density at radius 3 is 2.50 bits per heavy atom. The van der Waals surface area contributed by atoms with Crippen LogP contribution >= 0.6 is 0 Å². The highest BCUT2D eigenvalue weighted by Gasteiger charge is 2.27. The Labute approximate surface area is 136 Å². The van der Waals surface area contributed by atoms with E-state index in [0.717, 1.165) is 12.0 Å². The van der Waals surface area contributed by atoms with Gasteiger partial charge < -0.3 is 4.90 Å². The quantitative estimate of drug-likeness (QED) is 0.816. The van der Waals surface area contributed by atoms with E-state index in [-0.39, 0.29) is 0 Å². The number of rotatable bonds is 5. The second-order valence-electron chi connectivity index (χ2n) is 7.39. The van der Waals surface area contributed by atoms with Gasteiger partial charge in [0.15, 0.2) is 0 Å². The number of piperazine rings is 1. The van der Waals surface area contributed by atoms with E-state index in [1.165, 1.54) is 76.8 Å². The third-order valence-electron chi connectivity index (χ3n) is 5.61. The number of benzene rings is 1. The standard InChI is InChI=1S/C20H32N2/c1-18-7-5-11-20(17-18)22-15-13-21(14-16-22)12-6-10-19-8-3-2-4-9-19/h2-4,8-9,18,20H,5-7,10-17H2,1H3/t18-,20+/m1/s1. The Morgan fingerprint density at radius 1 is 1.00 bits per heavy atom. The summed E-state index contributed by atoms with van der Waals surface area (Å²) in [6, 6.07) is 11.8. The zero-order chi connectivity index (χ0) is 15.2. The molecule has 1 aliphatic heterocycles. The van der Waals surface area contributed by atoms with Crippen molar-refractivity contribution in [1.29, 1.82) is 0 Å². The average Bonchev–Trinajstić information content (AvgIpc) is 2.56. The van der Waals surface area contributed by atoms with Gasteiger partial charge in [0.2, 0.25) is 0 Å². The van der Waals surface area contributed by atoms with Crippen LogP contribution < -0.4 is 0 Å².